The summed E-state index contributed by atoms with van der Waals surface area (Å²) in [6.07, 6.45) is -7.48. The molecule has 0 saturated heterocycles. The Bertz CT molecular complexity index is 432. The van der Waals surface area contributed by atoms with Gasteiger partial charge in [-0.25, -0.2) is 4.98 Å². The first-order valence-corrected chi connectivity index (χ1v) is 4.27. The van der Waals surface area contributed by atoms with Gasteiger partial charge in [-0.2, -0.15) is 27.1 Å². The molecule has 6 nitrogen and oxygen atoms in total. The van der Waals surface area contributed by atoms with Crippen LogP contribution in [0, 0.1) is 0 Å². The molecule has 1 rings (SSSR count). The van der Waals surface area contributed by atoms with Gasteiger partial charge in [0.05, 0.1) is 6.42 Å². The quantitative estimate of drug-likeness (QED) is 0.701. The van der Waals surface area contributed by atoms with E-state index in [4.69, 9.17) is 5.11 Å². The molecule has 0 amide bonds. The van der Waals surface area contributed by atoms with Crippen molar-refractivity contribution in [3.63, 3.8) is 0 Å². The monoisotopic (exact) mass is 275 g/mol. The summed E-state index contributed by atoms with van der Waals surface area (Å²) < 4.78 is 63.0. The molecule has 0 aromatic carbocycles. The van der Waals surface area contributed by atoms with Gasteiger partial charge in [0, 0.05) is 0 Å². The third-order valence-corrected chi connectivity index (χ3v) is 2.09. The predicted molar refractivity (Wildman–Crippen MR) is 43.5 cm³/mol. The van der Waals surface area contributed by atoms with Crippen LogP contribution in [0.1, 0.15) is 12.2 Å². The van der Waals surface area contributed by atoms with Crippen molar-refractivity contribution in [2.24, 2.45) is 0 Å². The predicted octanol–water partition coefficient (Wildman–Crippen LogP) is 0.665. The number of aromatic amines is 1. The molecule has 0 unspecified atom stereocenters. The zero-order valence-corrected chi connectivity index (χ0v) is 8.37. The molecule has 11 heteroatoms. The number of alkyl halides is 5. The van der Waals surface area contributed by atoms with E-state index in [9.17, 15) is 31.9 Å². The lowest BCUT2D eigenvalue weighted by molar-refractivity contribution is -0.348. The normalized spacial score (nSPS) is 16.3. The van der Waals surface area contributed by atoms with Gasteiger partial charge in [-0.05, 0) is 0 Å². The van der Waals surface area contributed by atoms with E-state index in [0.717, 1.165) is 0 Å². The Morgan fingerprint density at radius 3 is 2.22 bits per heavy atom. The molecule has 1 aromatic heterocycles. The molecular weight excluding hydrogens is 269 g/mol. The van der Waals surface area contributed by atoms with E-state index in [1.807, 2.05) is 0 Å². The number of hydrogen-bond donors (Lipinski definition) is 3. The molecule has 0 bridgehead atoms. The summed E-state index contributed by atoms with van der Waals surface area (Å²) in [6, 6.07) is 0. The second-order valence-corrected chi connectivity index (χ2v) is 3.34. The van der Waals surface area contributed by atoms with Crippen LogP contribution in [0.15, 0.2) is 6.33 Å². The summed E-state index contributed by atoms with van der Waals surface area (Å²) in [5.41, 5.74) is -4.06. The average molecular weight is 275 g/mol. The Morgan fingerprint density at radius 1 is 1.33 bits per heavy atom. The maximum absolute atomic E-state index is 13.2. The third-order valence-electron chi connectivity index (χ3n) is 2.09. The SMILES string of the molecule is O=C(O)C[C@](O)(c1ncn[nH]1)C(F)(F)C(F)(F)F. The van der Waals surface area contributed by atoms with Crippen LogP contribution in [0.25, 0.3) is 0 Å². The van der Waals surface area contributed by atoms with Gasteiger partial charge in [0.15, 0.2) is 5.82 Å². The van der Waals surface area contributed by atoms with Gasteiger partial charge in [-0.1, -0.05) is 0 Å². The van der Waals surface area contributed by atoms with Crippen molar-refractivity contribution in [2.45, 2.75) is 24.1 Å². The number of rotatable bonds is 4. The summed E-state index contributed by atoms with van der Waals surface area (Å²) in [4.78, 5) is 13.3. The lowest BCUT2D eigenvalue weighted by atomic mass is 9.90. The highest BCUT2D eigenvalue weighted by Crippen LogP contribution is 2.49. The average Bonchev–Trinajstić information content (AvgIpc) is 2.66. The maximum Gasteiger partial charge on any atom is 0.456 e. The molecule has 0 spiro atoms. The summed E-state index contributed by atoms with van der Waals surface area (Å²) in [6.45, 7) is 0. The van der Waals surface area contributed by atoms with Crippen molar-refractivity contribution in [2.75, 3.05) is 0 Å². The molecular formula is C7H6F5N3O3. The smallest absolute Gasteiger partial charge is 0.456 e. The fourth-order valence-electron chi connectivity index (χ4n) is 1.20. The number of carboxylic acids is 1. The van der Waals surface area contributed by atoms with Gasteiger partial charge in [-0.15, -0.1) is 0 Å². The Labute approximate surface area is 95.5 Å². The zero-order chi connectivity index (χ0) is 14.2. The maximum atomic E-state index is 13.2. The molecule has 0 radical (unpaired) electrons. The number of aliphatic carboxylic acids is 1. The summed E-state index contributed by atoms with van der Waals surface area (Å²) in [7, 11) is 0. The number of carboxylic acid groups (broad SMARTS) is 1. The van der Waals surface area contributed by atoms with Gasteiger partial charge < -0.3 is 10.2 Å². The number of H-pyrrole nitrogens is 1. The largest absolute Gasteiger partial charge is 0.481 e. The summed E-state index contributed by atoms with van der Waals surface area (Å²) >= 11 is 0. The van der Waals surface area contributed by atoms with Crippen molar-refractivity contribution in [3.8, 4) is 0 Å². The summed E-state index contributed by atoms with van der Waals surface area (Å²) in [5.74, 6) is -9.05. The molecule has 0 aliphatic heterocycles. The fraction of sp³-hybridized carbons (Fsp3) is 0.571. The molecule has 0 saturated carbocycles. The first-order valence-electron chi connectivity index (χ1n) is 4.27. The van der Waals surface area contributed by atoms with Crippen molar-refractivity contribution in [1.82, 2.24) is 15.2 Å². The molecule has 3 N–H and O–H groups in total. The fourth-order valence-corrected chi connectivity index (χ4v) is 1.20. The van der Waals surface area contributed by atoms with Gasteiger partial charge in [0.25, 0.3) is 0 Å². The van der Waals surface area contributed by atoms with Crippen molar-refractivity contribution in [1.29, 1.82) is 0 Å². The Morgan fingerprint density at radius 2 is 1.89 bits per heavy atom. The highest BCUT2D eigenvalue weighted by molar-refractivity contribution is 5.68. The Balaban J connectivity index is 3.34. The number of nitrogens with one attached hydrogen (secondary N) is 1. The highest BCUT2D eigenvalue weighted by Gasteiger charge is 2.72. The topological polar surface area (TPSA) is 99.1 Å². The molecule has 0 aliphatic rings. The first-order chi connectivity index (χ1) is 8.02. The van der Waals surface area contributed by atoms with Crippen LogP contribution in [0.5, 0.6) is 0 Å². The zero-order valence-electron chi connectivity index (χ0n) is 8.37. The van der Waals surface area contributed by atoms with Gasteiger partial charge in [0.1, 0.15) is 6.33 Å². The lowest BCUT2D eigenvalue weighted by Gasteiger charge is -2.33. The van der Waals surface area contributed by atoms with E-state index in [-0.39, 0.29) is 0 Å². The van der Waals surface area contributed by atoms with Crippen LogP contribution in [0.3, 0.4) is 0 Å². The highest BCUT2D eigenvalue weighted by atomic mass is 19.4. The molecule has 18 heavy (non-hydrogen) atoms. The van der Waals surface area contributed by atoms with Crippen molar-refractivity contribution >= 4 is 5.97 Å². The number of carbonyl (C=O) groups is 1. The van der Waals surface area contributed by atoms with E-state index in [1.165, 1.54) is 0 Å². The van der Waals surface area contributed by atoms with Crippen LogP contribution in [0.4, 0.5) is 22.0 Å². The second-order valence-electron chi connectivity index (χ2n) is 3.34. The number of hydrogen-bond acceptors (Lipinski definition) is 4. The van der Waals surface area contributed by atoms with E-state index in [2.05, 4.69) is 10.1 Å². The molecule has 102 valence electrons. The third kappa shape index (κ3) is 2.12. The number of nitrogens with zero attached hydrogens (tertiary/aromatic N) is 2. The molecule has 0 aliphatic carbocycles. The molecule has 1 aromatic rings. The standard InChI is InChI=1S/C7H6F5N3O3/c8-6(9,7(10,11)12)5(18,1-3(16)17)4-13-2-14-15-4/h2,18H,1H2,(H,16,17)(H,13,14,15)/t5-/m0/s1. The minimum Gasteiger partial charge on any atom is -0.481 e. The van der Waals surface area contributed by atoms with Crippen LogP contribution in [-0.2, 0) is 10.4 Å². The number of aromatic nitrogens is 3. The van der Waals surface area contributed by atoms with E-state index < -0.39 is 35.9 Å². The Hall–Kier alpha value is -1.78. The van der Waals surface area contributed by atoms with Crippen LogP contribution < -0.4 is 0 Å². The van der Waals surface area contributed by atoms with Crippen molar-refractivity contribution in [3.05, 3.63) is 12.2 Å². The van der Waals surface area contributed by atoms with Crippen LogP contribution in [0.2, 0.25) is 0 Å². The van der Waals surface area contributed by atoms with E-state index in [1.54, 1.807) is 5.10 Å². The van der Waals surface area contributed by atoms with Gasteiger partial charge >= 0.3 is 18.1 Å². The van der Waals surface area contributed by atoms with Crippen molar-refractivity contribution < 1.29 is 37.0 Å². The summed E-state index contributed by atoms with van der Waals surface area (Å²) in [5, 5.41) is 22.4. The second kappa shape index (κ2) is 4.15. The van der Waals surface area contributed by atoms with E-state index in [0.29, 0.717) is 6.33 Å². The van der Waals surface area contributed by atoms with Crippen LogP contribution >= 0.6 is 0 Å². The first kappa shape index (κ1) is 14.3. The van der Waals surface area contributed by atoms with Crippen LogP contribution in [-0.4, -0.2) is 43.5 Å². The lowest BCUT2D eigenvalue weighted by Crippen LogP contribution is -2.56. The van der Waals surface area contributed by atoms with Gasteiger partial charge in [0.2, 0.25) is 5.60 Å². The molecule has 0 fully saturated rings. The van der Waals surface area contributed by atoms with E-state index >= 15 is 0 Å². The minimum atomic E-state index is -6.15. The number of aliphatic hydroxyl groups is 1. The van der Waals surface area contributed by atoms with Gasteiger partial charge in [-0.3, -0.25) is 9.89 Å². The minimum absolute atomic E-state index is 0.564. The molecule has 1 atom stereocenters. The Kier molecular flexibility index (Phi) is 3.30. The number of halogens is 5. The molecule has 1 heterocycles.